The summed E-state index contributed by atoms with van der Waals surface area (Å²) in [7, 11) is 1.56. The lowest BCUT2D eigenvalue weighted by molar-refractivity contribution is 0.218. The van der Waals surface area contributed by atoms with Crippen LogP contribution in [-0.4, -0.2) is 17.2 Å². The lowest BCUT2D eigenvalue weighted by atomic mass is 10.1. The molecule has 1 N–H and O–H groups in total. The summed E-state index contributed by atoms with van der Waals surface area (Å²) < 4.78 is 10.2. The van der Waals surface area contributed by atoms with Gasteiger partial charge in [0.2, 0.25) is 0 Å². The highest BCUT2D eigenvalue weighted by Gasteiger charge is 2.13. The van der Waals surface area contributed by atoms with Crippen LogP contribution >= 0.6 is 0 Å². The van der Waals surface area contributed by atoms with Gasteiger partial charge in [-0.05, 0) is 19.1 Å². The topological polar surface area (TPSA) is 55.5 Å². The summed E-state index contributed by atoms with van der Waals surface area (Å²) in [4.78, 5) is 3.99. The van der Waals surface area contributed by atoms with E-state index >= 15 is 0 Å². The lowest BCUT2D eigenvalue weighted by Gasteiger charge is -2.09. The summed E-state index contributed by atoms with van der Waals surface area (Å²) in [6.45, 7) is 1.83. The van der Waals surface area contributed by atoms with Crippen molar-refractivity contribution in [2.75, 3.05) is 7.11 Å². The maximum atomic E-state index is 10.1. The predicted molar refractivity (Wildman–Crippen MR) is 58.3 cm³/mol. The van der Waals surface area contributed by atoms with E-state index < -0.39 is 6.10 Å². The Bertz CT molecular complexity index is 479. The Labute approximate surface area is 93.5 Å². The van der Waals surface area contributed by atoms with Crippen molar-refractivity contribution in [3.63, 3.8) is 0 Å². The monoisotopic (exact) mass is 219 g/mol. The third-order valence-electron chi connectivity index (χ3n) is 2.35. The van der Waals surface area contributed by atoms with Gasteiger partial charge in [-0.25, -0.2) is 0 Å². The minimum absolute atomic E-state index is 0.622. The second-order valence-electron chi connectivity index (χ2n) is 3.55. The van der Waals surface area contributed by atoms with Crippen molar-refractivity contribution in [2.45, 2.75) is 13.0 Å². The van der Waals surface area contributed by atoms with Crippen molar-refractivity contribution < 1.29 is 14.3 Å². The number of rotatable bonds is 3. The fraction of sp³-hybridized carbons (Fsp3) is 0.250. The van der Waals surface area contributed by atoms with E-state index in [-0.39, 0.29) is 0 Å². The maximum absolute atomic E-state index is 10.1. The Morgan fingerprint density at radius 2 is 2.12 bits per heavy atom. The minimum atomic E-state index is -0.736. The Balaban J connectivity index is 2.29. The standard InChI is InChI=1S/C12H13NO3/c1-8-3-10(7-16-8)12(14)9-4-11(15-2)6-13-5-9/h3-7,12,14H,1-2H3. The number of aromatic nitrogens is 1. The average Bonchev–Trinajstić information content (AvgIpc) is 2.75. The quantitative estimate of drug-likeness (QED) is 0.858. The largest absolute Gasteiger partial charge is 0.495 e. The molecule has 0 aromatic carbocycles. The molecule has 0 spiro atoms. The van der Waals surface area contributed by atoms with Crippen LogP contribution in [0.1, 0.15) is 23.0 Å². The molecule has 4 heteroatoms. The van der Waals surface area contributed by atoms with Crippen molar-refractivity contribution in [1.82, 2.24) is 4.98 Å². The summed E-state index contributed by atoms with van der Waals surface area (Å²) in [5.74, 6) is 1.39. The van der Waals surface area contributed by atoms with Gasteiger partial charge in [0.1, 0.15) is 17.6 Å². The highest BCUT2D eigenvalue weighted by atomic mass is 16.5. The number of aliphatic hydroxyl groups is 1. The number of pyridine rings is 1. The molecule has 4 nitrogen and oxygen atoms in total. The van der Waals surface area contributed by atoms with Crippen LogP contribution in [0.3, 0.4) is 0 Å². The van der Waals surface area contributed by atoms with Gasteiger partial charge in [0.15, 0.2) is 0 Å². The smallest absolute Gasteiger partial charge is 0.137 e. The van der Waals surface area contributed by atoms with E-state index in [1.807, 2.05) is 6.92 Å². The molecule has 16 heavy (non-hydrogen) atoms. The van der Waals surface area contributed by atoms with Gasteiger partial charge >= 0.3 is 0 Å². The zero-order valence-corrected chi connectivity index (χ0v) is 9.18. The molecule has 2 heterocycles. The first-order valence-electron chi connectivity index (χ1n) is 4.92. The molecule has 2 rings (SSSR count). The molecule has 0 aliphatic carbocycles. The maximum Gasteiger partial charge on any atom is 0.137 e. The van der Waals surface area contributed by atoms with E-state index in [9.17, 15) is 5.11 Å². The minimum Gasteiger partial charge on any atom is -0.495 e. The molecule has 84 valence electrons. The lowest BCUT2D eigenvalue weighted by Crippen LogP contribution is -1.99. The normalized spacial score (nSPS) is 12.4. The van der Waals surface area contributed by atoms with Crippen molar-refractivity contribution in [3.8, 4) is 5.75 Å². The summed E-state index contributed by atoms with van der Waals surface area (Å²) in [6, 6.07) is 3.55. The molecule has 1 unspecified atom stereocenters. The van der Waals surface area contributed by atoms with Crippen molar-refractivity contribution >= 4 is 0 Å². The Kier molecular flexibility index (Phi) is 2.92. The highest BCUT2D eigenvalue weighted by Crippen LogP contribution is 2.25. The Morgan fingerprint density at radius 1 is 1.31 bits per heavy atom. The van der Waals surface area contributed by atoms with Gasteiger partial charge < -0.3 is 14.3 Å². The number of nitrogens with zero attached hydrogens (tertiary/aromatic N) is 1. The van der Waals surface area contributed by atoms with Crippen molar-refractivity contribution in [2.24, 2.45) is 0 Å². The molecule has 0 radical (unpaired) electrons. The first-order chi connectivity index (χ1) is 7.70. The highest BCUT2D eigenvalue weighted by molar-refractivity contribution is 5.31. The number of methoxy groups -OCH3 is 1. The van der Waals surface area contributed by atoms with Crippen LogP contribution in [0.4, 0.5) is 0 Å². The van der Waals surface area contributed by atoms with Gasteiger partial charge in [-0.15, -0.1) is 0 Å². The van der Waals surface area contributed by atoms with E-state index in [2.05, 4.69) is 4.98 Å². The molecule has 0 amide bonds. The molecule has 0 aliphatic heterocycles. The molecular weight excluding hydrogens is 206 g/mol. The van der Waals surface area contributed by atoms with Crippen LogP contribution in [0.5, 0.6) is 5.75 Å². The zero-order valence-electron chi connectivity index (χ0n) is 9.18. The second-order valence-corrected chi connectivity index (χ2v) is 3.55. The molecule has 0 aliphatic rings. The fourth-order valence-electron chi connectivity index (χ4n) is 1.50. The summed E-state index contributed by atoms with van der Waals surface area (Å²) >= 11 is 0. The van der Waals surface area contributed by atoms with Gasteiger partial charge in [-0.2, -0.15) is 0 Å². The third kappa shape index (κ3) is 2.06. The average molecular weight is 219 g/mol. The van der Waals surface area contributed by atoms with E-state index in [1.54, 1.807) is 37.9 Å². The fourth-order valence-corrected chi connectivity index (χ4v) is 1.50. The second kappa shape index (κ2) is 4.37. The molecule has 0 bridgehead atoms. The predicted octanol–water partition coefficient (Wildman–Crippen LogP) is 2.07. The molecule has 0 fully saturated rings. The van der Waals surface area contributed by atoms with Crippen LogP contribution in [0.2, 0.25) is 0 Å². The molecule has 2 aromatic heterocycles. The van der Waals surface area contributed by atoms with Crippen LogP contribution in [0.15, 0.2) is 35.2 Å². The van der Waals surface area contributed by atoms with Crippen LogP contribution in [0.25, 0.3) is 0 Å². The van der Waals surface area contributed by atoms with Gasteiger partial charge in [0.25, 0.3) is 0 Å². The number of aryl methyl sites for hydroxylation is 1. The van der Waals surface area contributed by atoms with Gasteiger partial charge in [-0.1, -0.05) is 0 Å². The van der Waals surface area contributed by atoms with Crippen molar-refractivity contribution in [3.05, 3.63) is 47.7 Å². The van der Waals surface area contributed by atoms with Crippen molar-refractivity contribution in [1.29, 1.82) is 0 Å². The Morgan fingerprint density at radius 3 is 2.75 bits per heavy atom. The van der Waals surface area contributed by atoms with Crippen LogP contribution < -0.4 is 4.74 Å². The summed E-state index contributed by atoms with van der Waals surface area (Å²) in [5.41, 5.74) is 1.40. The number of ether oxygens (including phenoxy) is 1. The van der Waals surface area contributed by atoms with E-state index in [0.717, 1.165) is 5.76 Å². The van der Waals surface area contributed by atoms with Crippen LogP contribution in [0, 0.1) is 6.92 Å². The summed E-state index contributed by atoms with van der Waals surface area (Å²) in [6.07, 6.45) is 4.01. The molecular formula is C12H13NO3. The zero-order chi connectivity index (χ0) is 11.5. The van der Waals surface area contributed by atoms with E-state index in [0.29, 0.717) is 16.9 Å². The van der Waals surface area contributed by atoms with E-state index in [4.69, 9.17) is 9.15 Å². The summed E-state index contributed by atoms with van der Waals surface area (Å²) in [5, 5.41) is 10.1. The van der Waals surface area contributed by atoms with Gasteiger partial charge in [0, 0.05) is 17.3 Å². The molecule has 0 saturated carbocycles. The number of aliphatic hydroxyl groups excluding tert-OH is 1. The van der Waals surface area contributed by atoms with Gasteiger partial charge in [-0.3, -0.25) is 4.98 Å². The number of hydrogen-bond donors (Lipinski definition) is 1. The first kappa shape index (κ1) is 10.7. The number of furan rings is 1. The molecule has 1 atom stereocenters. The van der Waals surface area contributed by atoms with Crippen LogP contribution in [-0.2, 0) is 0 Å². The SMILES string of the molecule is COc1cncc(C(O)c2coc(C)c2)c1. The third-order valence-corrected chi connectivity index (χ3v) is 2.35. The van der Waals surface area contributed by atoms with Gasteiger partial charge in [0.05, 0.1) is 19.6 Å². The Hall–Kier alpha value is -1.81. The molecule has 0 saturated heterocycles. The number of hydrogen-bond acceptors (Lipinski definition) is 4. The first-order valence-corrected chi connectivity index (χ1v) is 4.92. The molecule has 2 aromatic rings. The van der Waals surface area contributed by atoms with E-state index in [1.165, 1.54) is 0 Å².